The van der Waals surface area contributed by atoms with Gasteiger partial charge < -0.3 is 40.3 Å². The van der Waals surface area contributed by atoms with Gasteiger partial charge in [0.25, 0.3) is 0 Å². The maximum absolute atomic E-state index is 11.1. The summed E-state index contributed by atoms with van der Waals surface area (Å²) in [7, 11) is 0. The number of benzene rings is 1. The molecule has 5 atom stereocenters. The summed E-state index contributed by atoms with van der Waals surface area (Å²) in [6, 6.07) is 5.93. The molecule has 1 fully saturated rings. The minimum absolute atomic E-state index is 0.188. The van der Waals surface area contributed by atoms with Crippen LogP contribution in [0.5, 0.6) is 5.75 Å². The lowest BCUT2D eigenvalue weighted by Gasteiger charge is -2.40. The van der Waals surface area contributed by atoms with Gasteiger partial charge in [-0.15, -0.1) is 0 Å². The van der Waals surface area contributed by atoms with Gasteiger partial charge in [0, 0.05) is 19.0 Å². The van der Waals surface area contributed by atoms with Crippen molar-refractivity contribution in [2.24, 2.45) is 5.92 Å². The molecule has 28 heavy (non-hydrogen) atoms. The number of rotatable bonds is 7. The molecule has 154 valence electrons. The number of carbonyl (C=O) groups is 3. The van der Waals surface area contributed by atoms with Crippen molar-refractivity contribution in [2.75, 3.05) is 5.32 Å². The first-order valence-electron chi connectivity index (χ1n) is 8.29. The largest absolute Gasteiger partial charge is 0.481 e. The van der Waals surface area contributed by atoms with Crippen molar-refractivity contribution in [3.63, 3.8) is 0 Å². The average Bonchev–Trinajstić information content (AvgIpc) is 2.61. The van der Waals surface area contributed by atoms with Gasteiger partial charge in [0.15, 0.2) is 5.92 Å². The Morgan fingerprint density at radius 3 is 2.11 bits per heavy atom. The van der Waals surface area contributed by atoms with Gasteiger partial charge in [0.05, 0.1) is 6.10 Å². The highest BCUT2D eigenvalue weighted by Gasteiger charge is 2.47. The fourth-order valence-corrected chi connectivity index (χ4v) is 2.70. The van der Waals surface area contributed by atoms with Crippen molar-refractivity contribution in [2.45, 2.75) is 44.1 Å². The molecule has 1 amide bonds. The first-order chi connectivity index (χ1) is 13.1. The second-order valence-corrected chi connectivity index (χ2v) is 6.30. The van der Waals surface area contributed by atoms with Crippen LogP contribution in [-0.2, 0) is 19.1 Å². The summed E-state index contributed by atoms with van der Waals surface area (Å²) in [5.41, 5.74) is 0.490. The molecule has 0 aromatic heterocycles. The Morgan fingerprint density at radius 2 is 1.61 bits per heavy atom. The summed E-state index contributed by atoms with van der Waals surface area (Å²) in [4.78, 5) is 33.1. The molecule has 1 aromatic carbocycles. The van der Waals surface area contributed by atoms with E-state index in [2.05, 4.69) is 5.32 Å². The molecule has 11 nitrogen and oxygen atoms in total. The van der Waals surface area contributed by atoms with Gasteiger partial charge in [-0.05, 0) is 24.3 Å². The van der Waals surface area contributed by atoms with Gasteiger partial charge >= 0.3 is 11.9 Å². The Bertz CT molecular complexity index is 707. The molecule has 0 bridgehead atoms. The molecule has 0 spiro atoms. The molecule has 0 unspecified atom stereocenters. The molecule has 6 N–H and O–H groups in total. The van der Waals surface area contributed by atoms with E-state index in [4.69, 9.17) is 19.7 Å². The van der Waals surface area contributed by atoms with E-state index in [1.54, 1.807) is 0 Å². The van der Waals surface area contributed by atoms with Crippen LogP contribution >= 0.6 is 0 Å². The molecule has 1 heterocycles. The zero-order valence-corrected chi connectivity index (χ0v) is 14.8. The first kappa shape index (κ1) is 21.6. The number of carboxylic acid groups (broad SMARTS) is 2. The van der Waals surface area contributed by atoms with Crippen LogP contribution in [0.3, 0.4) is 0 Å². The molecule has 2 rings (SSSR count). The molecule has 0 radical (unpaired) electrons. The Kier molecular flexibility index (Phi) is 6.91. The highest BCUT2D eigenvalue weighted by Crippen LogP contribution is 2.28. The number of amides is 1. The number of aliphatic carboxylic acids is 2. The summed E-state index contributed by atoms with van der Waals surface area (Å²) in [5, 5.41) is 50.6. The van der Waals surface area contributed by atoms with E-state index in [-0.39, 0.29) is 11.7 Å². The number of hydrogen-bond donors (Lipinski definition) is 6. The predicted octanol–water partition coefficient (Wildman–Crippen LogP) is -0.993. The lowest BCUT2D eigenvalue weighted by molar-refractivity contribution is -0.275. The molecule has 1 aliphatic heterocycles. The fourth-order valence-electron chi connectivity index (χ4n) is 2.70. The van der Waals surface area contributed by atoms with Crippen molar-refractivity contribution >= 4 is 23.5 Å². The maximum Gasteiger partial charge on any atom is 0.317 e. The van der Waals surface area contributed by atoms with Crippen LogP contribution in [0.4, 0.5) is 5.69 Å². The summed E-state index contributed by atoms with van der Waals surface area (Å²) in [5.74, 6) is -5.22. The van der Waals surface area contributed by atoms with Crippen LogP contribution in [0, 0.1) is 5.92 Å². The monoisotopic (exact) mass is 399 g/mol. The van der Waals surface area contributed by atoms with Crippen LogP contribution in [0.15, 0.2) is 24.3 Å². The Labute approximate surface area is 159 Å². The van der Waals surface area contributed by atoms with Crippen LogP contribution in [0.2, 0.25) is 0 Å². The third-order valence-corrected chi connectivity index (χ3v) is 4.16. The lowest BCUT2D eigenvalue weighted by atomic mass is 9.91. The van der Waals surface area contributed by atoms with E-state index in [1.807, 2.05) is 0 Å². The summed E-state index contributed by atoms with van der Waals surface area (Å²) in [6.07, 6.45) is -8.66. The number of anilines is 1. The summed E-state index contributed by atoms with van der Waals surface area (Å²) in [6.45, 7) is 1.34. The second kappa shape index (κ2) is 8.97. The number of carboxylic acids is 2. The van der Waals surface area contributed by atoms with Gasteiger partial charge in [-0.25, -0.2) is 0 Å². The lowest BCUT2D eigenvalue weighted by Crippen LogP contribution is -2.59. The number of hydrogen-bond acceptors (Lipinski definition) is 8. The van der Waals surface area contributed by atoms with Gasteiger partial charge in [-0.1, -0.05) is 0 Å². The highest BCUT2D eigenvalue weighted by atomic mass is 16.7. The van der Waals surface area contributed by atoms with E-state index < -0.39 is 55.0 Å². The van der Waals surface area contributed by atoms with E-state index in [0.29, 0.717) is 5.69 Å². The van der Waals surface area contributed by atoms with Gasteiger partial charge in [0.2, 0.25) is 12.2 Å². The van der Waals surface area contributed by atoms with Crippen LogP contribution in [0.1, 0.15) is 13.3 Å². The van der Waals surface area contributed by atoms with E-state index in [9.17, 15) is 29.7 Å². The second-order valence-electron chi connectivity index (χ2n) is 6.30. The topological polar surface area (TPSA) is 183 Å². The molecule has 0 aliphatic carbocycles. The third-order valence-electron chi connectivity index (χ3n) is 4.16. The van der Waals surface area contributed by atoms with Crippen LogP contribution in [-0.4, -0.2) is 74.1 Å². The Balaban J connectivity index is 2.11. The molecule has 1 saturated heterocycles. The number of nitrogens with one attached hydrogen (secondary N) is 1. The Hall–Kier alpha value is -2.73. The molecule has 1 aliphatic rings. The van der Waals surface area contributed by atoms with Crippen molar-refractivity contribution in [3.05, 3.63) is 24.3 Å². The summed E-state index contributed by atoms with van der Waals surface area (Å²) >= 11 is 0. The third kappa shape index (κ3) is 5.16. The predicted molar refractivity (Wildman–Crippen MR) is 91.4 cm³/mol. The Morgan fingerprint density at radius 1 is 1.04 bits per heavy atom. The average molecular weight is 399 g/mol. The molecular weight excluding hydrogens is 378 g/mol. The van der Waals surface area contributed by atoms with E-state index >= 15 is 0 Å². The smallest absolute Gasteiger partial charge is 0.317 e. The molecular formula is C17H21NO10. The quantitative estimate of drug-likeness (QED) is 0.311. The number of carbonyl (C=O) groups excluding carboxylic acids is 1. The molecule has 1 aromatic rings. The van der Waals surface area contributed by atoms with Crippen LogP contribution < -0.4 is 10.1 Å². The van der Waals surface area contributed by atoms with Gasteiger partial charge in [-0.2, -0.15) is 0 Å². The normalized spacial score (nSPS) is 27.2. The molecule has 11 heteroatoms. The first-order valence-corrected chi connectivity index (χ1v) is 8.29. The zero-order valence-electron chi connectivity index (χ0n) is 14.8. The minimum atomic E-state index is -1.88. The number of aliphatic hydroxyl groups is 3. The van der Waals surface area contributed by atoms with Gasteiger partial charge in [0.1, 0.15) is 24.1 Å². The molecule has 0 saturated carbocycles. The van der Waals surface area contributed by atoms with E-state index in [1.165, 1.54) is 31.2 Å². The minimum Gasteiger partial charge on any atom is -0.481 e. The van der Waals surface area contributed by atoms with Crippen molar-refractivity contribution in [3.8, 4) is 5.75 Å². The standard InChI is InChI=1S/C17H21NO10/c1-7(19)18-8-2-4-9(5-3-8)27-17-14(22)13(21)12(20)11(28-17)6-10(15(23)24)16(25)26/h2-5,10-14,17,20-22H,6H2,1H3,(H,18,19)(H,23,24)(H,25,26)/t11-,12-,13+,14+,17+/m1/s1. The maximum atomic E-state index is 11.1. The number of ether oxygens (including phenoxy) is 2. The SMILES string of the molecule is CC(=O)Nc1ccc(O[C@H]2O[C@H](CC(C(=O)O)C(=O)O)[C@@H](O)[C@H](O)[C@@H]2O)cc1. The summed E-state index contributed by atoms with van der Waals surface area (Å²) < 4.78 is 10.8. The fraction of sp³-hybridized carbons (Fsp3) is 0.471. The van der Waals surface area contributed by atoms with Crippen LogP contribution in [0.25, 0.3) is 0 Å². The van der Waals surface area contributed by atoms with Crippen molar-refractivity contribution in [1.82, 2.24) is 0 Å². The van der Waals surface area contributed by atoms with Gasteiger partial charge in [-0.3, -0.25) is 14.4 Å². The highest BCUT2D eigenvalue weighted by molar-refractivity contribution is 5.92. The zero-order chi connectivity index (χ0) is 21.0. The van der Waals surface area contributed by atoms with Crippen molar-refractivity contribution < 1.29 is 49.4 Å². The van der Waals surface area contributed by atoms with Crippen molar-refractivity contribution in [1.29, 1.82) is 0 Å². The van der Waals surface area contributed by atoms with E-state index in [0.717, 1.165) is 0 Å². The number of aliphatic hydroxyl groups excluding tert-OH is 3.